The average molecular weight is 444 g/mol. The number of benzene rings is 2. The molecule has 0 radical (unpaired) electrons. The first kappa shape index (κ1) is 20.4. The molecular weight excluding hydrogens is 422 g/mol. The van der Waals surface area contributed by atoms with Gasteiger partial charge in [-0.25, -0.2) is 14.6 Å². The van der Waals surface area contributed by atoms with Crippen LogP contribution in [0.4, 0.5) is 5.82 Å². The Labute approximate surface area is 191 Å². The fraction of sp³-hybridized carbons (Fsp3) is 0.200. The number of halogens is 1. The lowest BCUT2D eigenvalue weighted by atomic mass is 9.96. The third kappa shape index (κ3) is 3.67. The molecule has 160 valence electrons. The number of hydrogen-bond acceptors (Lipinski definition) is 4. The van der Waals surface area contributed by atoms with E-state index in [0.29, 0.717) is 29.6 Å². The van der Waals surface area contributed by atoms with E-state index in [0.717, 1.165) is 27.9 Å². The van der Waals surface area contributed by atoms with Gasteiger partial charge in [0.15, 0.2) is 5.82 Å². The van der Waals surface area contributed by atoms with Crippen molar-refractivity contribution >= 4 is 23.3 Å². The van der Waals surface area contributed by atoms with Gasteiger partial charge in [0.25, 0.3) is 0 Å². The quantitative estimate of drug-likeness (QED) is 0.425. The highest BCUT2D eigenvalue weighted by molar-refractivity contribution is 6.31. The SMILES string of the molecule is CC(C)c1c(Cl)cccc1-c1ncc2c(n1)N(Cc1ccc(-n3cccn3)cc1)C(=O)C2. The Kier molecular flexibility index (Phi) is 5.23. The van der Waals surface area contributed by atoms with Crippen molar-refractivity contribution in [1.82, 2.24) is 19.7 Å². The zero-order valence-corrected chi connectivity index (χ0v) is 18.6. The van der Waals surface area contributed by atoms with E-state index in [1.165, 1.54) is 0 Å². The van der Waals surface area contributed by atoms with Gasteiger partial charge in [-0.2, -0.15) is 5.10 Å². The summed E-state index contributed by atoms with van der Waals surface area (Å²) in [5, 5.41) is 4.95. The Morgan fingerprint density at radius 1 is 1.09 bits per heavy atom. The lowest BCUT2D eigenvalue weighted by Gasteiger charge is -2.18. The molecular formula is C25H22ClN5O. The number of carbonyl (C=O) groups excluding carboxylic acids is 1. The van der Waals surface area contributed by atoms with Crippen LogP contribution in [-0.4, -0.2) is 25.7 Å². The Morgan fingerprint density at radius 2 is 1.91 bits per heavy atom. The average Bonchev–Trinajstić information content (AvgIpc) is 3.42. The number of anilines is 1. The summed E-state index contributed by atoms with van der Waals surface area (Å²) >= 11 is 6.47. The van der Waals surface area contributed by atoms with Gasteiger partial charge in [0.1, 0.15) is 5.82 Å². The molecule has 0 saturated carbocycles. The number of hydrogen-bond donors (Lipinski definition) is 0. The standard InChI is InChI=1S/C25H22ClN5O/c1-16(2)23-20(5-3-6-21(23)26)24-27-14-18-13-22(32)30(25(18)29-24)15-17-7-9-19(10-8-17)31-12-4-11-28-31/h3-12,14,16H,13,15H2,1-2H3. The van der Waals surface area contributed by atoms with E-state index < -0.39 is 0 Å². The van der Waals surface area contributed by atoms with Crippen molar-refractivity contribution in [3.63, 3.8) is 0 Å². The van der Waals surface area contributed by atoms with Crippen molar-refractivity contribution in [2.45, 2.75) is 32.7 Å². The smallest absolute Gasteiger partial charge is 0.233 e. The lowest BCUT2D eigenvalue weighted by molar-refractivity contribution is -0.117. The fourth-order valence-electron chi connectivity index (χ4n) is 4.10. The second-order valence-corrected chi connectivity index (χ2v) is 8.58. The van der Waals surface area contributed by atoms with E-state index in [9.17, 15) is 4.79 Å². The van der Waals surface area contributed by atoms with Crippen molar-refractivity contribution in [1.29, 1.82) is 0 Å². The molecule has 0 N–H and O–H groups in total. The van der Waals surface area contributed by atoms with Gasteiger partial charge in [0.05, 0.1) is 18.7 Å². The van der Waals surface area contributed by atoms with Crippen LogP contribution in [0.3, 0.4) is 0 Å². The highest BCUT2D eigenvalue weighted by atomic mass is 35.5. The van der Waals surface area contributed by atoms with Crippen LogP contribution in [-0.2, 0) is 17.8 Å². The number of nitrogens with zero attached hydrogens (tertiary/aromatic N) is 5. The van der Waals surface area contributed by atoms with Crippen molar-refractivity contribution in [2.75, 3.05) is 4.90 Å². The summed E-state index contributed by atoms with van der Waals surface area (Å²) in [6.45, 7) is 4.65. The lowest BCUT2D eigenvalue weighted by Crippen LogP contribution is -2.26. The molecule has 6 nitrogen and oxygen atoms in total. The minimum atomic E-state index is 0.0257. The predicted octanol–water partition coefficient (Wildman–Crippen LogP) is 5.20. The molecule has 0 unspecified atom stereocenters. The number of fused-ring (bicyclic) bond motifs is 1. The van der Waals surface area contributed by atoms with Crippen LogP contribution in [0.1, 0.15) is 36.5 Å². The van der Waals surface area contributed by atoms with Crippen molar-refractivity contribution in [3.05, 3.63) is 88.8 Å². The molecule has 1 aliphatic heterocycles. The monoisotopic (exact) mass is 443 g/mol. The molecule has 0 atom stereocenters. The minimum absolute atomic E-state index is 0.0257. The number of aromatic nitrogens is 4. The second-order valence-electron chi connectivity index (χ2n) is 8.17. The first-order valence-electron chi connectivity index (χ1n) is 10.6. The van der Waals surface area contributed by atoms with E-state index in [2.05, 4.69) is 23.9 Å². The first-order valence-corrected chi connectivity index (χ1v) is 10.9. The Bertz CT molecular complexity index is 1280. The van der Waals surface area contributed by atoms with E-state index >= 15 is 0 Å². The molecule has 0 aliphatic carbocycles. The van der Waals surface area contributed by atoms with Crippen molar-refractivity contribution in [2.24, 2.45) is 0 Å². The normalized spacial score (nSPS) is 13.1. The molecule has 0 fully saturated rings. The fourth-order valence-corrected chi connectivity index (χ4v) is 4.50. The minimum Gasteiger partial charge on any atom is -0.292 e. The molecule has 2 aromatic carbocycles. The number of rotatable bonds is 5. The van der Waals surface area contributed by atoms with E-state index in [-0.39, 0.29) is 11.8 Å². The summed E-state index contributed by atoms with van der Waals surface area (Å²) in [6, 6.07) is 15.7. The zero-order valence-electron chi connectivity index (χ0n) is 17.9. The molecule has 4 aromatic rings. The second kappa shape index (κ2) is 8.20. The maximum atomic E-state index is 12.8. The summed E-state index contributed by atoms with van der Waals surface area (Å²) < 4.78 is 1.80. The van der Waals surface area contributed by atoms with Gasteiger partial charge in [-0.05, 0) is 41.3 Å². The molecule has 7 heteroatoms. The highest BCUT2D eigenvalue weighted by Gasteiger charge is 2.30. The Morgan fingerprint density at radius 3 is 2.62 bits per heavy atom. The maximum absolute atomic E-state index is 12.8. The predicted molar refractivity (Wildman–Crippen MR) is 125 cm³/mol. The zero-order chi connectivity index (χ0) is 22.2. The molecule has 1 aliphatic rings. The van der Waals surface area contributed by atoms with Crippen molar-refractivity contribution in [3.8, 4) is 17.1 Å². The third-order valence-electron chi connectivity index (χ3n) is 5.66. The summed E-state index contributed by atoms with van der Waals surface area (Å²) in [4.78, 5) is 23.9. The van der Waals surface area contributed by atoms with E-state index in [1.807, 2.05) is 54.7 Å². The number of carbonyl (C=O) groups is 1. The summed E-state index contributed by atoms with van der Waals surface area (Å²) in [5.74, 6) is 1.51. The Balaban J connectivity index is 1.47. The first-order chi connectivity index (χ1) is 15.5. The van der Waals surface area contributed by atoms with Crippen LogP contribution in [0, 0.1) is 0 Å². The van der Waals surface area contributed by atoms with Crippen LogP contribution in [0.2, 0.25) is 5.02 Å². The molecule has 2 aromatic heterocycles. The highest BCUT2D eigenvalue weighted by Crippen LogP contribution is 2.35. The molecule has 0 bridgehead atoms. The van der Waals surface area contributed by atoms with Crippen molar-refractivity contribution < 1.29 is 4.79 Å². The molecule has 0 spiro atoms. The van der Waals surface area contributed by atoms with Crippen LogP contribution < -0.4 is 4.90 Å². The molecule has 5 rings (SSSR count). The van der Waals surface area contributed by atoms with E-state index in [1.54, 1.807) is 22.0 Å². The summed E-state index contributed by atoms with van der Waals surface area (Å²) in [5.41, 5.74) is 4.75. The molecule has 3 heterocycles. The van der Waals surface area contributed by atoms with Crippen LogP contribution in [0.25, 0.3) is 17.1 Å². The largest absolute Gasteiger partial charge is 0.292 e. The van der Waals surface area contributed by atoms with Gasteiger partial charge in [-0.15, -0.1) is 0 Å². The van der Waals surface area contributed by atoms with Gasteiger partial charge in [-0.3, -0.25) is 9.69 Å². The van der Waals surface area contributed by atoms with Crippen LogP contribution in [0.15, 0.2) is 67.1 Å². The van der Waals surface area contributed by atoms with E-state index in [4.69, 9.17) is 16.6 Å². The van der Waals surface area contributed by atoms with Crippen LogP contribution in [0.5, 0.6) is 0 Å². The van der Waals surface area contributed by atoms with Gasteiger partial charge >= 0.3 is 0 Å². The summed E-state index contributed by atoms with van der Waals surface area (Å²) in [6.07, 6.45) is 5.72. The summed E-state index contributed by atoms with van der Waals surface area (Å²) in [7, 11) is 0. The maximum Gasteiger partial charge on any atom is 0.233 e. The molecule has 32 heavy (non-hydrogen) atoms. The van der Waals surface area contributed by atoms with Gasteiger partial charge < -0.3 is 0 Å². The van der Waals surface area contributed by atoms with Gasteiger partial charge in [0.2, 0.25) is 5.91 Å². The Hall–Kier alpha value is -3.51. The molecule has 1 amide bonds. The van der Waals surface area contributed by atoms with Gasteiger partial charge in [0, 0.05) is 34.7 Å². The molecule has 0 saturated heterocycles. The van der Waals surface area contributed by atoms with Gasteiger partial charge in [-0.1, -0.05) is 49.7 Å². The number of amides is 1. The topological polar surface area (TPSA) is 63.9 Å². The third-order valence-corrected chi connectivity index (χ3v) is 5.99. The van der Waals surface area contributed by atoms with Crippen LogP contribution >= 0.6 is 11.6 Å².